The fourth-order valence-corrected chi connectivity index (χ4v) is 4.13. The summed E-state index contributed by atoms with van der Waals surface area (Å²) in [4.78, 5) is 19.0. The van der Waals surface area contributed by atoms with Crippen LogP contribution < -0.4 is 4.74 Å². The van der Waals surface area contributed by atoms with E-state index in [-0.39, 0.29) is 30.0 Å². The number of hydrogen-bond acceptors (Lipinski definition) is 4. The second kappa shape index (κ2) is 7.51. The summed E-state index contributed by atoms with van der Waals surface area (Å²) in [5.74, 6) is -0.728. The summed E-state index contributed by atoms with van der Waals surface area (Å²) in [6.45, 7) is 3.60. The zero-order valence-corrected chi connectivity index (χ0v) is 16.2. The van der Waals surface area contributed by atoms with E-state index in [9.17, 15) is 14.3 Å². The first-order valence-electron chi connectivity index (χ1n) is 9.81. The summed E-state index contributed by atoms with van der Waals surface area (Å²) in [5.41, 5.74) is 3.34. The molecule has 1 aromatic carbocycles. The van der Waals surface area contributed by atoms with E-state index < -0.39 is 11.9 Å². The Morgan fingerprint density at radius 2 is 2.07 bits per heavy atom. The smallest absolute Gasteiger partial charge is 0.260 e. The molecule has 2 aliphatic rings. The highest BCUT2D eigenvalue weighted by atomic mass is 19.1. The van der Waals surface area contributed by atoms with E-state index >= 15 is 0 Å². The molecule has 5 nitrogen and oxygen atoms in total. The first kappa shape index (κ1) is 18.9. The lowest BCUT2D eigenvalue weighted by Crippen LogP contribution is -2.52. The first-order chi connectivity index (χ1) is 13.5. The Balaban J connectivity index is 1.67. The van der Waals surface area contributed by atoms with Gasteiger partial charge in [0.05, 0.1) is 17.7 Å². The predicted octanol–water partition coefficient (Wildman–Crippen LogP) is 3.52. The molecule has 4 rings (SSSR count). The van der Waals surface area contributed by atoms with Crippen molar-refractivity contribution in [2.45, 2.75) is 58.1 Å². The van der Waals surface area contributed by atoms with Crippen molar-refractivity contribution in [1.82, 2.24) is 9.88 Å². The molecule has 0 saturated heterocycles. The van der Waals surface area contributed by atoms with Gasteiger partial charge in [-0.1, -0.05) is 18.9 Å². The minimum Gasteiger partial charge on any atom is -0.469 e. The van der Waals surface area contributed by atoms with Crippen molar-refractivity contribution < 1.29 is 19.0 Å². The van der Waals surface area contributed by atoms with Gasteiger partial charge in [0.25, 0.3) is 5.91 Å². The number of amides is 1. The standard InChI is InChI=1S/C22H25FN2O3/c1-13-7-8-15(11-24-13)9-16-10-17-21(20(23)14(16)2)28-12-25(22(17)27)18-5-3-4-6-19(18)26/h7-8,10-11,18-19,26H,3-6,9,12H2,1-2H3/t18?,19-/m0/s1. The van der Waals surface area contributed by atoms with Crippen molar-refractivity contribution in [1.29, 1.82) is 0 Å². The summed E-state index contributed by atoms with van der Waals surface area (Å²) in [7, 11) is 0. The molecule has 1 saturated carbocycles. The monoisotopic (exact) mass is 384 g/mol. The fraction of sp³-hybridized carbons (Fsp3) is 0.455. The van der Waals surface area contributed by atoms with Crippen LogP contribution in [0.3, 0.4) is 0 Å². The third kappa shape index (κ3) is 3.37. The summed E-state index contributed by atoms with van der Waals surface area (Å²) in [6, 6.07) is 5.34. The Morgan fingerprint density at radius 1 is 1.29 bits per heavy atom. The number of benzene rings is 1. The number of nitrogens with zero attached hydrogens (tertiary/aromatic N) is 2. The van der Waals surface area contributed by atoms with Gasteiger partial charge >= 0.3 is 0 Å². The first-order valence-corrected chi connectivity index (χ1v) is 9.81. The molecule has 1 aliphatic heterocycles. The number of ether oxygens (including phenoxy) is 1. The average Bonchev–Trinajstić information content (AvgIpc) is 2.69. The van der Waals surface area contributed by atoms with Crippen LogP contribution in [0.5, 0.6) is 5.75 Å². The van der Waals surface area contributed by atoms with Crippen LogP contribution in [0.2, 0.25) is 0 Å². The van der Waals surface area contributed by atoms with Gasteiger partial charge in [-0.2, -0.15) is 0 Å². The van der Waals surface area contributed by atoms with Crippen molar-refractivity contribution in [3.05, 3.63) is 58.2 Å². The van der Waals surface area contributed by atoms with Crippen molar-refractivity contribution in [3.8, 4) is 5.75 Å². The second-order valence-electron chi connectivity index (χ2n) is 7.80. The van der Waals surface area contributed by atoms with Gasteiger partial charge in [-0.05, 0) is 61.9 Å². The maximum absolute atomic E-state index is 15.0. The second-order valence-corrected chi connectivity index (χ2v) is 7.80. The van der Waals surface area contributed by atoms with Gasteiger partial charge in [-0.15, -0.1) is 0 Å². The topological polar surface area (TPSA) is 62.7 Å². The van der Waals surface area contributed by atoms with E-state index in [1.54, 1.807) is 24.1 Å². The Hall–Kier alpha value is -2.47. The summed E-state index contributed by atoms with van der Waals surface area (Å²) < 4.78 is 20.6. The molecule has 28 heavy (non-hydrogen) atoms. The maximum atomic E-state index is 15.0. The van der Waals surface area contributed by atoms with Crippen LogP contribution in [-0.4, -0.2) is 39.8 Å². The van der Waals surface area contributed by atoms with Crippen molar-refractivity contribution in [2.75, 3.05) is 6.73 Å². The molecule has 2 aromatic rings. The highest BCUT2D eigenvalue weighted by Gasteiger charge is 2.37. The number of fused-ring (bicyclic) bond motifs is 1. The van der Waals surface area contributed by atoms with Crippen molar-refractivity contribution in [2.24, 2.45) is 0 Å². The minimum atomic E-state index is -0.559. The lowest BCUT2D eigenvalue weighted by Gasteiger charge is -2.40. The molecule has 2 heterocycles. The van der Waals surface area contributed by atoms with Gasteiger partial charge in [-0.25, -0.2) is 4.39 Å². The third-order valence-corrected chi connectivity index (χ3v) is 5.87. The van der Waals surface area contributed by atoms with E-state index in [1.807, 2.05) is 19.1 Å². The Morgan fingerprint density at radius 3 is 2.79 bits per heavy atom. The quantitative estimate of drug-likeness (QED) is 0.880. The van der Waals surface area contributed by atoms with E-state index in [4.69, 9.17) is 4.74 Å². The average molecular weight is 384 g/mol. The molecule has 1 aromatic heterocycles. The van der Waals surface area contributed by atoms with Gasteiger partial charge in [0.1, 0.15) is 0 Å². The van der Waals surface area contributed by atoms with Crippen molar-refractivity contribution >= 4 is 5.91 Å². The molecule has 1 N–H and O–H groups in total. The molecule has 148 valence electrons. The van der Waals surface area contributed by atoms with Gasteiger partial charge in [0.15, 0.2) is 18.3 Å². The van der Waals surface area contributed by atoms with E-state index in [1.165, 1.54) is 0 Å². The highest BCUT2D eigenvalue weighted by Crippen LogP contribution is 2.35. The molecular formula is C22H25FN2O3. The molecular weight excluding hydrogens is 359 g/mol. The van der Waals surface area contributed by atoms with Crippen LogP contribution in [0.25, 0.3) is 0 Å². The molecule has 0 radical (unpaired) electrons. The lowest BCUT2D eigenvalue weighted by atomic mass is 9.90. The van der Waals surface area contributed by atoms with E-state index in [0.29, 0.717) is 18.4 Å². The molecule has 1 aliphatic carbocycles. The number of aliphatic hydroxyl groups is 1. The molecule has 0 spiro atoms. The molecule has 1 unspecified atom stereocenters. The molecule has 1 amide bonds. The van der Waals surface area contributed by atoms with Crippen LogP contribution in [0, 0.1) is 19.7 Å². The zero-order valence-electron chi connectivity index (χ0n) is 16.2. The minimum absolute atomic E-state index is 0.0227. The number of carbonyl (C=O) groups is 1. The molecule has 0 bridgehead atoms. The van der Waals surface area contributed by atoms with Crippen LogP contribution in [-0.2, 0) is 6.42 Å². The number of hydrogen-bond donors (Lipinski definition) is 1. The van der Waals surface area contributed by atoms with Gasteiger partial charge < -0.3 is 9.84 Å². The largest absolute Gasteiger partial charge is 0.469 e. The van der Waals surface area contributed by atoms with Crippen molar-refractivity contribution in [3.63, 3.8) is 0 Å². The molecule has 1 fully saturated rings. The zero-order chi connectivity index (χ0) is 19.8. The van der Waals surface area contributed by atoms with Crippen LogP contribution in [0.1, 0.15) is 58.4 Å². The van der Waals surface area contributed by atoms with Gasteiger partial charge in [-0.3, -0.25) is 14.7 Å². The number of aryl methyl sites for hydroxylation is 1. The SMILES string of the molecule is Cc1ccc(Cc2cc3c(c(F)c2C)OCN(C2CCCC[C@@H]2O)C3=O)cn1. The normalized spacial score (nSPS) is 22.0. The number of aromatic nitrogens is 1. The Bertz CT molecular complexity index is 898. The van der Waals surface area contributed by atoms with Crippen LogP contribution >= 0.6 is 0 Å². The summed E-state index contributed by atoms with van der Waals surface area (Å²) in [6.07, 6.45) is 5.04. The number of pyridine rings is 1. The summed E-state index contributed by atoms with van der Waals surface area (Å²) >= 11 is 0. The lowest BCUT2D eigenvalue weighted by molar-refractivity contribution is -0.0134. The summed E-state index contributed by atoms with van der Waals surface area (Å²) in [5, 5.41) is 10.3. The predicted molar refractivity (Wildman–Crippen MR) is 103 cm³/mol. The van der Waals surface area contributed by atoms with E-state index in [0.717, 1.165) is 36.1 Å². The Kier molecular flexibility index (Phi) is 5.06. The number of aliphatic hydroxyl groups excluding tert-OH is 1. The number of carbonyl (C=O) groups excluding carboxylic acids is 1. The Labute approximate surface area is 164 Å². The third-order valence-electron chi connectivity index (χ3n) is 5.87. The highest BCUT2D eigenvalue weighted by molar-refractivity contribution is 5.98. The fourth-order valence-electron chi connectivity index (χ4n) is 4.13. The van der Waals surface area contributed by atoms with E-state index in [2.05, 4.69) is 4.98 Å². The van der Waals surface area contributed by atoms with Crippen LogP contribution in [0.4, 0.5) is 4.39 Å². The molecule has 2 atom stereocenters. The number of rotatable bonds is 3. The van der Waals surface area contributed by atoms with Gasteiger partial charge in [0, 0.05) is 11.9 Å². The van der Waals surface area contributed by atoms with Crippen LogP contribution in [0.15, 0.2) is 24.4 Å². The molecule has 6 heteroatoms. The number of halogens is 1. The van der Waals surface area contributed by atoms with Gasteiger partial charge in [0.2, 0.25) is 0 Å². The maximum Gasteiger partial charge on any atom is 0.260 e.